The van der Waals surface area contributed by atoms with E-state index in [0.29, 0.717) is 0 Å². The monoisotopic (exact) mass is 312 g/mol. The maximum Gasteiger partial charge on any atom is 0.0497 e. The molecule has 2 aromatic carbocycles. The van der Waals surface area contributed by atoms with Crippen molar-refractivity contribution in [3.05, 3.63) is 58.6 Å². The first-order valence-electron chi connectivity index (χ1n) is 7.76. The van der Waals surface area contributed by atoms with E-state index in [-0.39, 0.29) is 0 Å². The summed E-state index contributed by atoms with van der Waals surface area (Å²) in [6, 6.07) is 14.6. The molecule has 0 saturated carbocycles. The maximum atomic E-state index is 6.17. The molecule has 0 radical (unpaired) electrons. The minimum Gasteiger partial charge on any atom is -0.354 e. The van der Waals surface area contributed by atoms with Gasteiger partial charge in [0.25, 0.3) is 0 Å². The lowest BCUT2D eigenvalue weighted by Gasteiger charge is -2.06. The molecule has 2 nitrogen and oxygen atoms in total. The number of unbranched alkanes of at least 4 members (excludes halogenated alkanes) is 1. The maximum absolute atomic E-state index is 6.17. The first-order chi connectivity index (χ1) is 10.7. The number of nitrogens with one attached hydrogen (secondary N) is 1. The van der Waals surface area contributed by atoms with Gasteiger partial charge in [-0.25, -0.2) is 0 Å². The quantitative estimate of drug-likeness (QED) is 0.634. The van der Waals surface area contributed by atoms with Crippen LogP contribution in [0.1, 0.15) is 24.0 Å². The molecule has 0 aliphatic carbocycles. The summed E-state index contributed by atoms with van der Waals surface area (Å²) < 4.78 is 0. The number of hydrogen-bond donors (Lipinski definition) is 2. The minimum atomic E-state index is 0.744. The van der Waals surface area contributed by atoms with Gasteiger partial charge in [0.2, 0.25) is 0 Å². The fourth-order valence-corrected chi connectivity index (χ4v) is 3.15. The van der Waals surface area contributed by atoms with Gasteiger partial charge < -0.3 is 10.7 Å². The smallest absolute Gasteiger partial charge is 0.0497 e. The zero-order chi connectivity index (χ0) is 15.5. The lowest BCUT2D eigenvalue weighted by atomic mass is 9.99. The van der Waals surface area contributed by atoms with Crippen LogP contribution in [0.15, 0.2) is 42.5 Å². The van der Waals surface area contributed by atoms with Crippen LogP contribution in [0.3, 0.4) is 0 Å². The van der Waals surface area contributed by atoms with E-state index < -0.39 is 0 Å². The van der Waals surface area contributed by atoms with Gasteiger partial charge in [-0.2, -0.15) is 0 Å². The Morgan fingerprint density at radius 1 is 1.09 bits per heavy atom. The van der Waals surface area contributed by atoms with Gasteiger partial charge in [0.15, 0.2) is 0 Å². The zero-order valence-corrected chi connectivity index (χ0v) is 13.6. The fourth-order valence-electron chi connectivity index (χ4n) is 2.96. The van der Waals surface area contributed by atoms with Crippen LogP contribution >= 0.6 is 11.6 Å². The van der Waals surface area contributed by atoms with Crippen LogP contribution in [0.25, 0.3) is 22.2 Å². The lowest BCUT2D eigenvalue weighted by molar-refractivity contribution is 0.748. The number of aromatic nitrogens is 1. The van der Waals surface area contributed by atoms with Crippen LogP contribution in [0.2, 0.25) is 5.02 Å². The van der Waals surface area contributed by atoms with E-state index in [4.69, 9.17) is 17.3 Å². The topological polar surface area (TPSA) is 41.8 Å². The first-order valence-corrected chi connectivity index (χ1v) is 8.14. The summed E-state index contributed by atoms with van der Waals surface area (Å²) in [6.07, 6.45) is 3.18. The van der Waals surface area contributed by atoms with Crippen LogP contribution in [-0.2, 0) is 6.42 Å². The average Bonchev–Trinajstić information content (AvgIpc) is 2.86. The molecule has 0 spiro atoms. The summed E-state index contributed by atoms with van der Waals surface area (Å²) in [4.78, 5) is 3.57. The van der Waals surface area contributed by atoms with Gasteiger partial charge in [-0.15, -0.1) is 0 Å². The van der Waals surface area contributed by atoms with E-state index >= 15 is 0 Å². The van der Waals surface area contributed by atoms with Crippen molar-refractivity contribution in [2.45, 2.75) is 26.2 Å². The molecule has 0 unspecified atom stereocenters. The number of H-pyrrole nitrogens is 1. The van der Waals surface area contributed by atoms with Gasteiger partial charge in [-0.05, 0) is 68.1 Å². The Morgan fingerprint density at radius 3 is 2.73 bits per heavy atom. The summed E-state index contributed by atoms with van der Waals surface area (Å²) in [5.74, 6) is 0. The van der Waals surface area contributed by atoms with Crippen molar-refractivity contribution in [3.8, 4) is 11.3 Å². The third kappa shape index (κ3) is 3.03. The molecular formula is C19H21ClN2. The standard InChI is InChI=1S/C19H21ClN2/c1-13-8-9-18-17(11-13)16(7-2-3-10-21)19(22-18)14-5-4-6-15(20)12-14/h4-6,8-9,11-12,22H,2-3,7,10,21H2,1H3. The Labute approximate surface area is 136 Å². The first kappa shape index (κ1) is 15.1. The van der Waals surface area contributed by atoms with E-state index in [1.807, 2.05) is 18.2 Å². The molecule has 0 fully saturated rings. The Kier molecular flexibility index (Phi) is 4.51. The highest BCUT2D eigenvalue weighted by atomic mass is 35.5. The molecule has 22 heavy (non-hydrogen) atoms. The van der Waals surface area contributed by atoms with Crippen molar-refractivity contribution < 1.29 is 0 Å². The Balaban J connectivity index is 2.13. The SMILES string of the molecule is Cc1ccc2[nH]c(-c3cccc(Cl)c3)c(CCCCN)c2c1. The van der Waals surface area contributed by atoms with Crippen LogP contribution in [0.4, 0.5) is 0 Å². The number of fused-ring (bicyclic) bond motifs is 1. The summed E-state index contributed by atoms with van der Waals surface area (Å²) in [5, 5.41) is 2.08. The highest BCUT2D eigenvalue weighted by molar-refractivity contribution is 6.30. The Morgan fingerprint density at radius 2 is 1.95 bits per heavy atom. The normalized spacial score (nSPS) is 11.2. The molecule has 114 valence electrons. The van der Waals surface area contributed by atoms with Gasteiger partial charge in [0.1, 0.15) is 0 Å². The number of aromatic amines is 1. The predicted octanol–water partition coefficient (Wildman–Crippen LogP) is 5.08. The predicted molar refractivity (Wildman–Crippen MR) is 95.5 cm³/mol. The van der Waals surface area contributed by atoms with Crippen molar-refractivity contribution in [2.24, 2.45) is 5.73 Å². The number of rotatable bonds is 5. The molecular weight excluding hydrogens is 292 g/mol. The van der Waals surface area contributed by atoms with Gasteiger partial charge in [-0.1, -0.05) is 35.4 Å². The number of nitrogens with two attached hydrogens (primary N) is 1. The Hall–Kier alpha value is -1.77. The van der Waals surface area contributed by atoms with E-state index in [2.05, 4.69) is 36.2 Å². The molecule has 3 N–H and O–H groups in total. The van der Waals surface area contributed by atoms with Crippen molar-refractivity contribution in [1.29, 1.82) is 0 Å². The third-order valence-electron chi connectivity index (χ3n) is 4.06. The second kappa shape index (κ2) is 6.55. The summed E-state index contributed by atoms with van der Waals surface area (Å²) in [7, 11) is 0. The second-order valence-corrected chi connectivity index (χ2v) is 6.22. The molecule has 3 rings (SSSR count). The fraction of sp³-hybridized carbons (Fsp3) is 0.263. The van der Waals surface area contributed by atoms with Gasteiger partial charge in [0.05, 0.1) is 0 Å². The van der Waals surface area contributed by atoms with Crippen molar-refractivity contribution in [1.82, 2.24) is 4.98 Å². The van der Waals surface area contributed by atoms with Crippen molar-refractivity contribution >= 4 is 22.5 Å². The summed E-state index contributed by atoms with van der Waals surface area (Å²) >= 11 is 6.17. The molecule has 0 atom stereocenters. The number of benzene rings is 2. The van der Waals surface area contributed by atoms with Crippen molar-refractivity contribution in [2.75, 3.05) is 6.54 Å². The molecule has 1 heterocycles. The number of halogens is 1. The lowest BCUT2D eigenvalue weighted by Crippen LogP contribution is -1.99. The van der Waals surface area contributed by atoms with Crippen LogP contribution < -0.4 is 5.73 Å². The zero-order valence-electron chi connectivity index (χ0n) is 12.8. The highest BCUT2D eigenvalue weighted by Crippen LogP contribution is 2.33. The van der Waals surface area contributed by atoms with E-state index in [1.54, 1.807) is 0 Å². The molecule has 0 saturated heterocycles. The molecule has 0 amide bonds. The molecule has 0 aliphatic rings. The highest BCUT2D eigenvalue weighted by Gasteiger charge is 2.13. The van der Waals surface area contributed by atoms with Gasteiger partial charge in [0, 0.05) is 21.6 Å². The largest absolute Gasteiger partial charge is 0.354 e. The molecule has 3 heteroatoms. The van der Waals surface area contributed by atoms with E-state index in [0.717, 1.165) is 36.4 Å². The summed E-state index contributed by atoms with van der Waals surface area (Å²) in [6.45, 7) is 2.88. The van der Waals surface area contributed by atoms with Crippen molar-refractivity contribution in [3.63, 3.8) is 0 Å². The third-order valence-corrected chi connectivity index (χ3v) is 4.29. The van der Waals surface area contributed by atoms with Gasteiger partial charge in [-0.3, -0.25) is 0 Å². The second-order valence-electron chi connectivity index (χ2n) is 5.78. The molecule has 0 aliphatic heterocycles. The van der Waals surface area contributed by atoms with Crippen LogP contribution in [0, 0.1) is 6.92 Å². The number of aryl methyl sites for hydroxylation is 2. The Bertz CT molecular complexity index is 789. The van der Waals surface area contributed by atoms with Crippen LogP contribution in [0.5, 0.6) is 0 Å². The van der Waals surface area contributed by atoms with E-state index in [1.165, 1.54) is 27.7 Å². The average molecular weight is 313 g/mol. The van der Waals surface area contributed by atoms with Crippen LogP contribution in [-0.4, -0.2) is 11.5 Å². The molecule has 1 aromatic heterocycles. The number of hydrogen-bond acceptors (Lipinski definition) is 1. The van der Waals surface area contributed by atoms with E-state index in [9.17, 15) is 0 Å². The molecule has 0 bridgehead atoms. The minimum absolute atomic E-state index is 0.744. The molecule has 3 aromatic rings. The van der Waals surface area contributed by atoms with Gasteiger partial charge >= 0.3 is 0 Å². The summed E-state index contributed by atoms with van der Waals surface area (Å²) in [5.41, 5.74) is 11.8.